The average molecular weight is 471 g/mol. The lowest BCUT2D eigenvalue weighted by molar-refractivity contribution is -0.139. The number of nitrogens with one attached hydrogen (secondary N) is 1. The van der Waals surface area contributed by atoms with Crippen molar-refractivity contribution < 1.29 is 52.7 Å². The number of benzene rings is 1. The molecule has 0 aliphatic carbocycles. The molecule has 12 heteroatoms. The third-order valence-electron chi connectivity index (χ3n) is 3.87. The van der Waals surface area contributed by atoms with Crippen LogP contribution in [-0.4, -0.2) is 68.1 Å². The van der Waals surface area contributed by atoms with E-state index in [0.29, 0.717) is 5.56 Å². The van der Waals surface area contributed by atoms with Gasteiger partial charge in [0.2, 0.25) is 0 Å². The lowest BCUT2D eigenvalue weighted by atomic mass is 10.0. The maximum Gasteiger partial charge on any atom is 0.513 e. The van der Waals surface area contributed by atoms with Gasteiger partial charge < -0.3 is 38.8 Å². The molecule has 0 bridgehead atoms. The molecule has 0 amide bonds. The number of carbonyl (C=O) groups is 4. The second-order valence-electron chi connectivity index (χ2n) is 6.47. The summed E-state index contributed by atoms with van der Waals surface area (Å²) in [6, 6.07) is 3.13. The molecule has 1 unspecified atom stereocenters. The summed E-state index contributed by atoms with van der Waals surface area (Å²) in [5.41, 5.74) is 0.448. The predicted molar refractivity (Wildman–Crippen MR) is 112 cm³/mol. The molecule has 2 atom stereocenters. The molecule has 1 aromatic carbocycles. The minimum absolute atomic E-state index is 0.0274. The normalized spacial score (nSPS) is 12.1. The maximum atomic E-state index is 11.8. The summed E-state index contributed by atoms with van der Waals surface area (Å²) in [5.74, 6) is -1.42. The van der Waals surface area contributed by atoms with Gasteiger partial charge in [0.1, 0.15) is 12.1 Å². The van der Waals surface area contributed by atoms with Crippen LogP contribution in [0.3, 0.4) is 0 Å². The van der Waals surface area contributed by atoms with Crippen molar-refractivity contribution >= 4 is 24.4 Å². The van der Waals surface area contributed by atoms with Crippen molar-refractivity contribution in [3.8, 4) is 11.5 Å². The summed E-state index contributed by atoms with van der Waals surface area (Å²) < 4.78 is 29.2. The maximum absolute atomic E-state index is 11.8. The van der Waals surface area contributed by atoms with E-state index in [1.54, 1.807) is 27.7 Å². The summed E-state index contributed by atoms with van der Waals surface area (Å²) in [7, 11) is 0. The van der Waals surface area contributed by atoms with Gasteiger partial charge in [0.25, 0.3) is 0 Å². The lowest BCUT2D eigenvalue weighted by Gasteiger charge is -2.19. The van der Waals surface area contributed by atoms with Crippen molar-refractivity contribution in [1.29, 1.82) is 0 Å². The van der Waals surface area contributed by atoms with Crippen molar-refractivity contribution in [1.82, 2.24) is 5.32 Å². The Labute approximate surface area is 191 Å². The predicted octanol–water partition coefficient (Wildman–Crippen LogP) is 2.90. The van der Waals surface area contributed by atoms with Gasteiger partial charge in [0, 0.05) is 6.54 Å². The number of hydrogen-bond acceptors (Lipinski definition) is 11. The van der Waals surface area contributed by atoms with Gasteiger partial charge in [-0.25, -0.2) is 14.4 Å². The zero-order chi connectivity index (χ0) is 24.8. The van der Waals surface area contributed by atoms with E-state index in [2.05, 4.69) is 10.1 Å². The van der Waals surface area contributed by atoms with Gasteiger partial charge >= 0.3 is 24.4 Å². The summed E-state index contributed by atoms with van der Waals surface area (Å²) in [6.07, 6.45) is -3.55. The van der Waals surface area contributed by atoms with Crippen LogP contribution in [0, 0.1) is 0 Å². The molecule has 184 valence electrons. The van der Waals surface area contributed by atoms with Crippen LogP contribution in [0.15, 0.2) is 18.2 Å². The number of rotatable bonds is 12. The smallest absolute Gasteiger partial charge is 0.480 e. The van der Waals surface area contributed by atoms with Gasteiger partial charge in [-0.2, -0.15) is 0 Å². The topological polar surface area (TPSA) is 156 Å². The molecule has 2 N–H and O–H groups in total. The molecular weight excluding hydrogens is 442 g/mol. The number of carbonyl (C=O) groups excluding carboxylic acids is 3. The van der Waals surface area contributed by atoms with E-state index in [9.17, 15) is 24.3 Å². The number of carboxylic acid groups (broad SMARTS) is 1. The Morgan fingerprint density at radius 3 is 1.97 bits per heavy atom. The molecule has 0 saturated heterocycles. The van der Waals surface area contributed by atoms with Crippen LogP contribution < -0.4 is 14.8 Å². The van der Waals surface area contributed by atoms with E-state index in [4.69, 9.17) is 23.7 Å². The summed E-state index contributed by atoms with van der Waals surface area (Å²) >= 11 is 0. The molecule has 1 aromatic rings. The molecule has 0 aliphatic rings. The molecule has 0 radical (unpaired) electrons. The first-order chi connectivity index (χ1) is 15.7. The molecule has 0 aliphatic heterocycles. The van der Waals surface area contributed by atoms with Crippen molar-refractivity contribution in [3.63, 3.8) is 0 Å². The molecule has 0 aromatic heterocycles. The zero-order valence-corrected chi connectivity index (χ0v) is 19.0. The third kappa shape index (κ3) is 10.5. The van der Waals surface area contributed by atoms with Crippen molar-refractivity contribution in [2.24, 2.45) is 0 Å². The third-order valence-corrected chi connectivity index (χ3v) is 3.87. The Bertz CT molecular complexity index is 811. The highest BCUT2D eigenvalue weighted by Crippen LogP contribution is 2.30. The minimum atomic E-state index is -1.15. The highest BCUT2D eigenvalue weighted by Gasteiger charge is 2.22. The fraction of sp³-hybridized carbons (Fsp3) is 0.524. The van der Waals surface area contributed by atoms with Crippen molar-refractivity contribution in [2.75, 3.05) is 26.4 Å². The van der Waals surface area contributed by atoms with Gasteiger partial charge in [0.15, 0.2) is 11.5 Å². The highest BCUT2D eigenvalue weighted by atomic mass is 16.7. The van der Waals surface area contributed by atoms with Crippen LogP contribution in [0.4, 0.5) is 14.4 Å². The molecule has 0 spiro atoms. The highest BCUT2D eigenvalue weighted by molar-refractivity contribution is 5.74. The monoisotopic (exact) mass is 471 g/mol. The van der Waals surface area contributed by atoms with Crippen molar-refractivity contribution in [2.45, 2.75) is 46.3 Å². The second kappa shape index (κ2) is 14.5. The van der Waals surface area contributed by atoms with Crippen LogP contribution >= 0.6 is 0 Å². The Morgan fingerprint density at radius 2 is 1.42 bits per heavy atom. The molecule has 12 nitrogen and oxygen atoms in total. The van der Waals surface area contributed by atoms with E-state index in [1.165, 1.54) is 18.2 Å². The number of aliphatic carboxylic acids is 1. The van der Waals surface area contributed by atoms with Crippen LogP contribution in [0.2, 0.25) is 0 Å². The van der Waals surface area contributed by atoms with Crippen LogP contribution in [-0.2, 0) is 30.2 Å². The van der Waals surface area contributed by atoms with Crippen LogP contribution in [0.1, 0.15) is 33.3 Å². The molecule has 33 heavy (non-hydrogen) atoms. The van der Waals surface area contributed by atoms with Gasteiger partial charge in [0.05, 0.1) is 19.8 Å². The Balaban J connectivity index is 2.94. The standard InChI is InChI=1S/C21H29NO11/c1-5-28-19(25)31-13(4)12-22-15(18(23)24)10-14-8-9-16(32-20(26)29-6-2)17(11-14)33-21(27)30-7-3/h8-9,11,13,15,22H,5-7,10,12H2,1-4H3,(H,23,24)/t13?,15-/m0/s1. The SMILES string of the molecule is CCOC(=O)Oc1ccc(C[C@H](NCC(C)OC(=O)OCC)C(=O)O)cc1OC(=O)OCC. The first-order valence-corrected chi connectivity index (χ1v) is 10.3. The lowest BCUT2D eigenvalue weighted by Crippen LogP contribution is -2.42. The molecular formula is C21H29NO11. The van der Waals surface area contributed by atoms with Crippen LogP contribution in [0.5, 0.6) is 11.5 Å². The molecule has 0 heterocycles. The quantitative estimate of drug-likeness (QED) is 0.261. The molecule has 0 saturated carbocycles. The molecule has 1 rings (SSSR count). The minimum Gasteiger partial charge on any atom is -0.480 e. The Hall–Kier alpha value is -3.54. The fourth-order valence-corrected chi connectivity index (χ4v) is 2.47. The van der Waals surface area contributed by atoms with Gasteiger partial charge in [-0.3, -0.25) is 4.79 Å². The number of ether oxygens (including phenoxy) is 6. The number of hydrogen-bond donors (Lipinski definition) is 2. The summed E-state index contributed by atoms with van der Waals surface area (Å²) in [6.45, 7) is 6.73. The summed E-state index contributed by atoms with van der Waals surface area (Å²) in [4.78, 5) is 46.4. The fourth-order valence-electron chi connectivity index (χ4n) is 2.47. The van der Waals surface area contributed by atoms with E-state index < -0.39 is 36.6 Å². The zero-order valence-electron chi connectivity index (χ0n) is 19.0. The largest absolute Gasteiger partial charge is 0.513 e. The second-order valence-corrected chi connectivity index (χ2v) is 6.47. The van der Waals surface area contributed by atoms with E-state index in [1.807, 2.05) is 0 Å². The Kier molecular flexibility index (Phi) is 12.1. The van der Waals surface area contributed by atoms with E-state index >= 15 is 0 Å². The first kappa shape index (κ1) is 27.5. The van der Waals surface area contributed by atoms with Crippen molar-refractivity contribution in [3.05, 3.63) is 23.8 Å². The average Bonchev–Trinajstić information content (AvgIpc) is 2.73. The Morgan fingerprint density at radius 1 is 0.879 bits per heavy atom. The molecule has 0 fully saturated rings. The van der Waals surface area contributed by atoms with Gasteiger partial charge in [-0.1, -0.05) is 6.07 Å². The van der Waals surface area contributed by atoms with E-state index in [0.717, 1.165) is 0 Å². The first-order valence-electron chi connectivity index (χ1n) is 10.3. The summed E-state index contributed by atoms with van der Waals surface area (Å²) in [5, 5.41) is 12.3. The van der Waals surface area contributed by atoms with E-state index in [-0.39, 0.29) is 44.3 Å². The van der Waals surface area contributed by atoms with Gasteiger partial charge in [-0.05, 0) is 51.8 Å². The van der Waals surface area contributed by atoms with Gasteiger partial charge in [-0.15, -0.1) is 0 Å². The number of carboxylic acids is 1. The van der Waals surface area contributed by atoms with Crippen LogP contribution in [0.25, 0.3) is 0 Å².